The summed E-state index contributed by atoms with van der Waals surface area (Å²) in [4.78, 5) is 14.7. The SMILES string of the molecule is CN(C)CCS(=O)(=O)N1CCOC[C@H]1CC(=O)c1cccs1. The molecule has 0 amide bonds. The van der Waals surface area contributed by atoms with Gasteiger partial charge in [0.25, 0.3) is 0 Å². The molecule has 1 fully saturated rings. The van der Waals surface area contributed by atoms with Crippen LogP contribution in [-0.4, -0.2) is 75.6 Å². The number of hydrogen-bond donors (Lipinski definition) is 0. The number of morpholine rings is 1. The highest BCUT2D eigenvalue weighted by Crippen LogP contribution is 2.20. The first-order valence-corrected chi connectivity index (χ1v) is 9.68. The lowest BCUT2D eigenvalue weighted by Gasteiger charge is -2.34. The normalized spacial score (nSPS) is 20.4. The van der Waals surface area contributed by atoms with Gasteiger partial charge in [0.05, 0.1) is 29.9 Å². The van der Waals surface area contributed by atoms with Crippen LogP contribution < -0.4 is 0 Å². The molecule has 1 aliphatic rings. The Hall–Kier alpha value is -0.800. The molecule has 124 valence electrons. The molecule has 0 aliphatic carbocycles. The Morgan fingerprint density at radius 1 is 1.50 bits per heavy atom. The van der Waals surface area contributed by atoms with Crippen molar-refractivity contribution in [1.29, 1.82) is 0 Å². The summed E-state index contributed by atoms with van der Waals surface area (Å²) in [6, 6.07) is 3.18. The predicted octanol–water partition coefficient (Wildman–Crippen LogP) is 0.913. The van der Waals surface area contributed by atoms with Crippen molar-refractivity contribution in [3.63, 3.8) is 0 Å². The number of thiophene rings is 1. The van der Waals surface area contributed by atoms with E-state index in [9.17, 15) is 13.2 Å². The molecule has 0 aromatic carbocycles. The predicted molar refractivity (Wildman–Crippen MR) is 86.9 cm³/mol. The zero-order valence-corrected chi connectivity index (χ0v) is 14.5. The molecule has 1 aliphatic heterocycles. The fourth-order valence-corrected chi connectivity index (χ4v) is 4.78. The number of hydrogen-bond acceptors (Lipinski definition) is 6. The Morgan fingerprint density at radius 2 is 2.27 bits per heavy atom. The standard InChI is InChI=1S/C14H22N2O4S2/c1-15(2)6-9-22(18,19)16-5-7-20-11-12(16)10-13(17)14-4-3-8-21-14/h3-4,8,12H,5-7,9-11H2,1-2H3/t12-/m1/s1. The maximum absolute atomic E-state index is 12.5. The molecule has 2 rings (SSSR count). The third kappa shape index (κ3) is 4.60. The molecule has 1 atom stereocenters. The van der Waals surface area contributed by atoms with Gasteiger partial charge in [0.1, 0.15) is 0 Å². The van der Waals surface area contributed by atoms with Crippen LogP contribution in [0.2, 0.25) is 0 Å². The highest BCUT2D eigenvalue weighted by molar-refractivity contribution is 7.89. The molecule has 1 saturated heterocycles. The van der Waals surface area contributed by atoms with Gasteiger partial charge < -0.3 is 9.64 Å². The second-order valence-corrected chi connectivity index (χ2v) is 8.55. The largest absolute Gasteiger partial charge is 0.378 e. The molecule has 8 heteroatoms. The molecule has 0 radical (unpaired) electrons. The van der Waals surface area contributed by atoms with Crippen LogP contribution in [0.4, 0.5) is 0 Å². The average Bonchev–Trinajstić information content (AvgIpc) is 3.00. The summed E-state index contributed by atoms with van der Waals surface area (Å²) in [5.74, 6) is 0.0299. The highest BCUT2D eigenvalue weighted by Gasteiger charge is 2.34. The van der Waals surface area contributed by atoms with E-state index in [0.717, 1.165) is 0 Å². The monoisotopic (exact) mass is 346 g/mol. The van der Waals surface area contributed by atoms with Crippen molar-refractivity contribution in [3.05, 3.63) is 22.4 Å². The van der Waals surface area contributed by atoms with E-state index < -0.39 is 16.1 Å². The van der Waals surface area contributed by atoms with E-state index in [-0.39, 0.29) is 24.6 Å². The van der Waals surface area contributed by atoms with Crippen LogP contribution >= 0.6 is 11.3 Å². The summed E-state index contributed by atoms with van der Waals surface area (Å²) in [5, 5.41) is 1.84. The first-order valence-electron chi connectivity index (χ1n) is 7.19. The molecule has 0 unspecified atom stereocenters. The Labute approximate surface area is 135 Å². The number of carbonyl (C=O) groups excluding carboxylic acids is 1. The molecule has 0 N–H and O–H groups in total. The molecule has 1 aromatic heterocycles. The van der Waals surface area contributed by atoms with Gasteiger partial charge in [-0.25, -0.2) is 8.42 Å². The third-order valence-electron chi connectivity index (χ3n) is 3.54. The molecule has 0 bridgehead atoms. The first kappa shape index (κ1) is 17.6. The summed E-state index contributed by atoms with van der Waals surface area (Å²) in [5.41, 5.74) is 0. The van der Waals surface area contributed by atoms with Crippen LogP contribution in [0.1, 0.15) is 16.1 Å². The Balaban J connectivity index is 2.06. The van der Waals surface area contributed by atoms with E-state index in [0.29, 0.717) is 24.6 Å². The quantitative estimate of drug-likeness (QED) is 0.687. The van der Waals surface area contributed by atoms with Crippen molar-refractivity contribution in [2.75, 3.05) is 46.2 Å². The fraction of sp³-hybridized carbons (Fsp3) is 0.643. The van der Waals surface area contributed by atoms with Gasteiger partial charge >= 0.3 is 0 Å². The molecule has 22 heavy (non-hydrogen) atoms. The summed E-state index contributed by atoms with van der Waals surface area (Å²) < 4.78 is 31.8. The van der Waals surface area contributed by atoms with Crippen LogP contribution in [0.15, 0.2) is 17.5 Å². The van der Waals surface area contributed by atoms with Gasteiger partial charge in [-0.1, -0.05) is 6.07 Å². The molecule has 0 spiro atoms. The smallest absolute Gasteiger partial charge is 0.215 e. The minimum Gasteiger partial charge on any atom is -0.378 e. The van der Waals surface area contributed by atoms with Crippen LogP contribution in [-0.2, 0) is 14.8 Å². The topological polar surface area (TPSA) is 66.9 Å². The van der Waals surface area contributed by atoms with E-state index in [2.05, 4.69) is 0 Å². The number of Topliss-reactive ketones (excluding diaryl/α,β-unsaturated/α-hetero) is 1. The van der Waals surface area contributed by atoms with E-state index in [1.54, 1.807) is 6.07 Å². The lowest BCUT2D eigenvalue weighted by Crippen LogP contribution is -2.50. The van der Waals surface area contributed by atoms with Crippen LogP contribution in [0.5, 0.6) is 0 Å². The molecule has 2 heterocycles. The number of sulfonamides is 1. The van der Waals surface area contributed by atoms with Gasteiger partial charge in [0.2, 0.25) is 10.0 Å². The van der Waals surface area contributed by atoms with Gasteiger partial charge in [-0.05, 0) is 25.5 Å². The van der Waals surface area contributed by atoms with Crippen molar-refractivity contribution in [3.8, 4) is 0 Å². The first-order chi connectivity index (χ1) is 10.4. The molecular formula is C14H22N2O4S2. The average molecular weight is 346 g/mol. The highest BCUT2D eigenvalue weighted by atomic mass is 32.2. The van der Waals surface area contributed by atoms with Crippen molar-refractivity contribution >= 4 is 27.1 Å². The maximum Gasteiger partial charge on any atom is 0.215 e. The lowest BCUT2D eigenvalue weighted by molar-refractivity contribution is 0.0294. The van der Waals surface area contributed by atoms with Gasteiger partial charge in [0, 0.05) is 19.5 Å². The summed E-state index contributed by atoms with van der Waals surface area (Å²) >= 11 is 1.38. The van der Waals surface area contributed by atoms with Gasteiger partial charge in [0.15, 0.2) is 5.78 Å². The van der Waals surface area contributed by atoms with Crippen molar-refractivity contribution in [1.82, 2.24) is 9.21 Å². The summed E-state index contributed by atoms with van der Waals surface area (Å²) in [6.07, 6.45) is 0.168. The summed E-state index contributed by atoms with van der Waals surface area (Å²) in [6.45, 7) is 1.44. The maximum atomic E-state index is 12.5. The summed E-state index contributed by atoms with van der Waals surface area (Å²) in [7, 11) is 0.301. The van der Waals surface area contributed by atoms with Gasteiger partial charge in [-0.15, -0.1) is 11.3 Å². The van der Waals surface area contributed by atoms with Gasteiger partial charge in [-0.3, -0.25) is 4.79 Å². The molecular weight excluding hydrogens is 324 g/mol. The zero-order valence-electron chi connectivity index (χ0n) is 12.9. The molecule has 0 saturated carbocycles. The van der Waals surface area contributed by atoms with Crippen LogP contribution in [0, 0.1) is 0 Å². The second kappa shape index (κ2) is 7.65. The minimum atomic E-state index is -3.38. The number of ether oxygens (including phenoxy) is 1. The van der Waals surface area contributed by atoms with Crippen LogP contribution in [0.3, 0.4) is 0 Å². The van der Waals surface area contributed by atoms with E-state index in [1.165, 1.54) is 15.6 Å². The van der Waals surface area contributed by atoms with Gasteiger partial charge in [-0.2, -0.15) is 4.31 Å². The van der Waals surface area contributed by atoms with E-state index in [1.807, 2.05) is 30.4 Å². The van der Waals surface area contributed by atoms with Crippen molar-refractivity contribution in [2.24, 2.45) is 0 Å². The fourth-order valence-electron chi connectivity index (χ4n) is 2.33. The third-order valence-corrected chi connectivity index (χ3v) is 6.35. The lowest BCUT2D eigenvalue weighted by atomic mass is 10.1. The second-order valence-electron chi connectivity index (χ2n) is 5.56. The van der Waals surface area contributed by atoms with E-state index >= 15 is 0 Å². The van der Waals surface area contributed by atoms with E-state index in [4.69, 9.17) is 4.74 Å². The number of nitrogens with zero attached hydrogens (tertiary/aromatic N) is 2. The van der Waals surface area contributed by atoms with Crippen LogP contribution in [0.25, 0.3) is 0 Å². The number of ketones is 1. The molecule has 6 nitrogen and oxygen atoms in total. The Kier molecular flexibility index (Phi) is 6.10. The Morgan fingerprint density at radius 3 is 2.91 bits per heavy atom. The number of rotatable bonds is 7. The number of carbonyl (C=O) groups is 1. The molecule has 1 aromatic rings. The minimum absolute atomic E-state index is 0.0293. The zero-order chi connectivity index (χ0) is 16.2. The van der Waals surface area contributed by atoms with Crippen molar-refractivity contribution in [2.45, 2.75) is 12.5 Å². The Bertz CT molecular complexity index is 584. The van der Waals surface area contributed by atoms with Crippen molar-refractivity contribution < 1.29 is 17.9 Å².